The largest absolute Gasteiger partial charge is 0.391 e. The predicted octanol–water partition coefficient (Wildman–Crippen LogP) is 3.79. The van der Waals surface area contributed by atoms with Crippen molar-refractivity contribution >= 4 is 17.7 Å². The first-order valence-electron chi connectivity index (χ1n) is 12.9. The Morgan fingerprint density at radius 1 is 0.697 bits per heavy atom. The lowest BCUT2D eigenvalue weighted by Crippen LogP contribution is -2.59. The molecule has 4 N–H and O–H groups in total. The van der Waals surface area contributed by atoms with Gasteiger partial charge in [0.15, 0.2) is 0 Å². The fourth-order valence-corrected chi connectivity index (χ4v) is 3.71. The van der Waals surface area contributed by atoms with Crippen LogP contribution in [0.5, 0.6) is 0 Å². The molecule has 1 unspecified atom stereocenters. The molecule has 0 aliphatic heterocycles. The highest BCUT2D eigenvalue weighted by Gasteiger charge is 2.32. The summed E-state index contributed by atoms with van der Waals surface area (Å²) in [4.78, 5) is 38.4. The molecule has 0 spiro atoms. The Bertz CT molecular complexity index is 590. The third kappa shape index (κ3) is 12.4. The Morgan fingerprint density at radius 2 is 1.18 bits per heavy atom. The van der Waals surface area contributed by atoms with Gasteiger partial charge in [0.05, 0.1) is 12.1 Å². The summed E-state index contributed by atoms with van der Waals surface area (Å²) >= 11 is 0. The lowest BCUT2D eigenvalue weighted by Gasteiger charge is -2.31. The van der Waals surface area contributed by atoms with E-state index in [0.29, 0.717) is 18.8 Å². The number of carbonyl (C=O) groups excluding carboxylic acids is 3. The monoisotopic (exact) mass is 469 g/mol. The van der Waals surface area contributed by atoms with Crippen LogP contribution in [0.3, 0.4) is 0 Å². The van der Waals surface area contributed by atoms with E-state index in [2.05, 4.69) is 36.7 Å². The van der Waals surface area contributed by atoms with Gasteiger partial charge in [0, 0.05) is 5.92 Å². The molecule has 0 rings (SSSR count). The first-order chi connectivity index (χ1) is 15.3. The lowest BCUT2D eigenvalue weighted by atomic mass is 9.94. The lowest BCUT2D eigenvalue weighted by molar-refractivity contribution is -0.134. The number of unbranched alkanes of at least 4 members (excludes halogenated alkanes) is 3. The molecule has 4 atom stereocenters. The average molecular weight is 470 g/mol. The summed E-state index contributed by atoms with van der Waals surface area (Å²) in [6.45, 7) is 17.3. The van der Waals surface area contributed by atoms with Crippen molar-refractivity contribution in [2.75, 3.05) is 0 Å². The Labute approximate surface area is 202 Å². The van der Waals surface area contributed by atoms with E-state index in [0.717, 1.165) is 25.7 Å². The molecule has 0 aromatic rings. The second-order valence-corrected chi connectivity index (χ2v) is 10.8. The summed E-state index contributed by atoms with van der Waals surface area (Å²) in [5.74, 6) is -1.06. The summed E-state index contributed by atoms with van der Waals surface area (Å²) in [5.41, 5.74) is 0. The first kappa shape index (κ1) is 31.4. The quantitative estimate of drug-likeness (QED) is 0.258. The van der Waals surface area contributed by atoms with Crippen molar-refractivity contribution in [2.45, 2.75) is 125 Å². The summed E-state index contributed by atoms with van der Waals surface area (Å²) < 4.78 is 0. The molecule has 0 radical (unpaired) electrons. The predicted molar refractivity (Wildman–Crippen MR) is 135 cm³/mol. The number of rotatable bonds is 16. The summed E-state index contributed by atoms with van der Waals surface area (Å²) in [6, 6.07) is -1.83. The molecule has 7 nitrogen and oxygen atoms in total. The average Bonchev–Trinajstić information content (AvgIpc) is 2.71. The maximum Gasteiger partial charge on any atom is 0.243 e. The molecule has 7 heteroatoms. The molecular weight excluding hydrogens is 418 g/mol. The Hall–Kier alpha value is -1.63. The van der Waals surface area contributed by atoms with Gasteiger partial charge in [-0.3, -0.25) is 14.4 Å². The molecular formula is C26H51N3O4. The Kier molecular flexibility index (Phi) is 15.3. The smallest absolute Gasteiger partial charge is 0.243 e. The molecule has 0 aliphatic rings. The number of aliphatic hydroxyl groups is 1. The minimum Gasteiger partial charge on any atom is -0.391 e. The van der Waals surface area contributed by atoms with Crippen LogP contribution in [0, 0.1) is 23.7 Å². The van der Waals surface area contributed by atoms with Crippen molar-refractivity contribution in [2.24, 2.45) is 23.7 Å². The van der Waals surface area contributed by atoms with Gasteiger partial charge in [-0.25, -0.2) is 0 Å². The molecule has 0 heterocycles. The van der Waals surface area contributed by atoms with Crippen LogP contribution in [0.2, 0.25) is 0 Å². The zero-order valence-corrected chi connectivity index (χ0v) is 22.5. The maximum atomic E-state index is 13.2. The van der Waals surface area contributed by atoms with Crippen LogP contribution in [0.25, 0.3) is 0 Å². The summed E-state index contributed by atoms with van der Waals surface area (Å²) in [6.07, 6.45) is 4.96. The van der Waals surface area contributed by atoms with Crippen LogP contribution in [-0.2, 0) is 14.4 Å². The van der Waals surface area contributed by atoms with Crippen LogP contribution < -0.4 is 16.0 Å². The number of nitrogens with one attached hydrogen (secondary N) is 3. The molecule has 0 aromatic carbocycles. The Balaban J connectivity index is 5.34. The number of amides is 3. The molecule has 0 fully saturated rings. The molecule has 0 saturated heterocycles. The van der Waals surface area contributed by atoms with Crippen molar-refractivity contribution in [3.8, 4) is 0 Å². The van der Waals surface area contributed by atoms with Gasteiger partial charge < -0.3 is 21.1 Å². The molecule has 0 aromatic heterocycles. The molecule has 194 valence electrons. The van der Waals surface area contributed by atoms with Crippen LogP contribution >= 0.6 is 0 Å². The molecule has 3 amide bonds. The van der Waals surface area contributed by atoms with Crippen molar-refractivity contribution in [3.05, 3.63) is 0 Å². The third-order valence-electron chi connectivity index (χ3n) is 5.89. The topological polar surface area (TPSA) is 108 Å². The minimum atomic E-state index is -0.753. The van der Waals surface area contributed by atoms with Crippen LogP contribution in [0.15, 0.2) is 0 Å². The second kappa shape index (κ2) is 16.1. The van der Waals surface area contributed by atoms with Gasteiger partial charge in [-0.05, 0) is 30.6 Å². The van der Waals surface area contributed by atoms with Gasteiger partial charge in [-0.1, -0.05) is 88.0 Å². The van der Waals surface area contributed by atoms with Crippen LogP contribution in [0.1, 0.15) is 101 Å². The van der Waals surface area contributed by atoms with E-state index in [1.54, 1.807) is 13.8 Å². The highest BCUT2D eigenvalue weighted by atomic mass is 16.3. The highest BCUT2D eigenvalue weighted by molar-refractivity contribution is 5.92. The zero-order chi connectivity index (χ0) is 25.7. The van der Waals surface area contributed by atoms with E-state index >= 15 is 0 Å². The first-order valence-corrected chi connectivity index (χ1v) is 12.9. The number of hydrogen-bond donors (Lipinski definition) is 4. The van der Waals surface area contributed by atoms with Gasteiger partial charge in [-0.2, -0.15) is 0 Å². The van der Waals surface area contributed by atoms with Crippen LogP contribution in [-0.4, -0.2) is 47.1 Å². The van der Waals surface area contributed by atoms with Gasteiger partial charge in [0.1, 0.15) is 12.1 Å². The molecule has 0 aliphatic carbocycles. The van der Waals surface area contributed by atoms with E-state index < -0.39 is 18.2 Å². The van der Waals surface area contributed by atoms with E-state index in [4.69, 9.17) is 0 Å². The second-order valence-electron chi connectivity index (χ2n) is 10.8. The van der Waals surface area contributed by atoms with E-state index in [-0.39, 0.29) is 41.5 Å². The van der Waals surface area contributed by atoms with E-state index in [1.165, 1.54) is 0 Å². The third-order valence-corrected chi connectivity index (χ3v) is 5.89. The van der Waals surface area contributed by atoms with E-state index in [1.807, 2.05) is 27.7 Å². The van der Waals surface area contributed by atoms with Crippen LogP contribution in [0.4, 0.5) is 0 Å². The Morgan fingerprint density at radius 3 is 1.61 bits per heavy atom. The maximum absolute atomic E-state index is 13.2. The van der Waals surface area contributed by atoms with Crippen molar-refractivity contribution in [1.29, 1.82) is 0 Å². The van der Waals surface area contributed by atoms with E-state index in [9.17, 15) is 19.5 Å². The standard InChI is InChI=1S/C26H51N3O4/c1-10-11-12-13-14-21(30)20(15-16(2)3)27-25(32)22(17(4)5)29-26(33)23(18(6)7)28-24(31)19(8)9/h16-23,30H,10-15H2,1-9H3,(H,27,32)(H,28,31)(H,29,33)/t20-,21?,22-,23-/m0/s1. The minimum absolute atomic E-state index is 0.123. The number of aliphatic hydroxyl groups excluding tert-OH is 1. The van der Waals surface area contributed by atoms with Crippen molar-refractivity contribution in [3.63, 3.8) is 0 Å². The summed E-state index contributed by atoms with van der Waals surface area (Å²) in [5, 5.41) is 19.4. The molecule has 0 saturated carbocycles. The normalized spacial score (nSPS) is 15.5. The van der Waals surface area contributed by atoms with Crippen molar-refractivity contribution in [1.82, 2.24) is 16.0 Å². The zero-order valence-electron chi connectivity index (χ0n) is 22.5. The fraction of sp³-hybridized carbons (Fsp3) is 0.885. The van der Waals surface area contributed by atoms with Crippen molar-refractivity contribution < 1.29 is 19.5 Å². The van der Waals surface area contributed by atoms with Gasteiger partial charge in [-0.15, -0.1) is 0 Å². The highest BCUT2D eigenvalue weighted by Crippen LogP contribution is 2.16. The number of carbonyl (C=O) groups is 3. The van der Waals surface area contributed by atoms with Gasteiger partial charge >= 0.3 is 0 Å². The molecule has 33 heavy (non-hydrogen) atoms. The van der Waals surface area contributed by atoms with Gasteiger partial charge in [0.25, 0.3) is 0 Å². The summed E-state index contributed by atoms with van der Waals surface area (Å²) in [7, 11) is 0. The molecule has 0 bridgehead atoms. The number of hydrogen-bond acceptors (Lipinski definition) is 4. The fourth-order valence-electron chi connectivity index (χ4n) is 3.71. The SMILES string of the molecule is CCCCCCC(O)[C@H](CC(C)C)NC(=O)[C@@H](NC(=O)[C@@H](NC(=O)C(C)C)C(C)C)C(C)C. The van der Waals surface area contributed by atoms with Gasteiger partial charge in [0.2, 0.25) is 17.7 Å².